The zero-order valence-corrected chi connectivity index (χ0v) is 39.2. The van der Waals surface area contributed by atoms with Crippen LogP contribution in [0.3, 0.4) is 0 Å². The molecule has 3 aromatic rings. The van der Waals surface area contributed by atoms with Gasteiger partial charge in [0.1, 0.15) is 24.3 Å². The van der Waals surface area contributed by atoms with E-state index in [1.165, 1.54) is 53.5 Å². The Hall–Kier alpha value is -4.45. The van der Waals surface area contributed by atoms with Crippen molar-refractivity contribution in [3.05, 3.63) is 82.4 Å². The molecule has 1 fully saturated rings. The standard InChI is InChI=1S/C52H72N2O9/c1-53(26-22-36-33-46(60-7)47(61-8)34-38(36)40(53)30-35-16-19-42(56-3)45(31-35)59-6)25-14-12-10-9-11-13-15-29-62-48(55)23-27-54(2)28-24-52-39-18-21-44(58-5)51(52)63-50-43(57-4)20-17-37(49(50)52)32-41(39)54/h16-21,31,33-34,39-41,44,51H,9-15,22-30,32H2,1-8H3/q+2/t39?,40-,41-,44+,51-,52+,53?,54?/m1/s1. The highest BCUT2D eigenvalue weighted by Crippen LogP contribution is 2.63. The largest absolute Gasteiger partial charge is 0.493 e. The van der Waals surface area contributed by atoms with Gasteiger partial charge in [0.25, 0.3) is 0 Å². The van der Waals surface area contributed by atoms with Crippen LogP contribution in [0.4, 0.5) is 0 Å². The molecule has 0 aromatic heterocycles. The van der Waals surface area contributed by atoms with Crippen LogP contribution in [0.15, 0.2) is 54.6 Å². The van der Waals surface area contributed by atoms with E-state index in [-0.39, 0.29) is 29.6 Å². The van der Waals surface area contributed by atoms with E-state index < -0.39 is 0 Å². The lowest BCUT2D eigenvalue weighted by atomic mass is 9.52. The zero-order valence-electron chi connectivity index (χ0n) is 39.2. The number of carbonyl (C=O) groups excluding carboxylic acids is 1. The smallest absolute Gasteiger partial charge is 0.311 e. The van der Waals surface area contributed by atoms with Crippen LogP contribution >= 0.6 is 0 Å². The van der Waals surface area contributed by atoms with Crippen molar-refractivity contribution >= 4 is 5.97 Å². The molecule has 11 heteroatoms. The summed E-state index contributed by atoms with van der Waals surface area (Å²) in [4.78, 5) is 13.1. The van der Waals surface area contributed by atoms with Gasteiger partial charge >= 0.3 is 5.97 Å². The molecule has 2 aliphatic carbocycles. The van der Waals surface area contributed by atoms with Gasteiger partial charge in [-0.2, -0.15) is 0 Å². The molecule has 1 spiro atoms. The lowest BCUT2D eigenvalue weighted by molar-refractivity contribution is -0.943. The molecule has 0 radical (unpaired) electrons. The second-order valence-electron chi connectivity index (χ2n) is 19.2. The molecule has 3 heterocycles. The molecule has 8 rings (SSSR count). The van der Waals surface area contributed by atoms with Gasteiger partial charge in [0, 0.05) is 49.8 Å². The van der Waals surface area contributed by atoms with Gasteiger partial charge in [-0.25, -0.2) is 0 Å². The van der Waals surface area contributed by atoms with Crippen LogP contribution in [0.2, 0.25) is 0 Å². The van der Waals surface area contributed by atoms with Crippen LogP contribution in [0.1, 0.15) is 91.6 Å². The Morgan fingerprint density at radius 2 is 1.40 bits per heavy atom. The summed E-state index contributed by atoms with van der Waals surface area (Å²) < 4.78 is 48.9. The van der Waals surface area contributed by atoms with E-state index in [0.717, 1.165) is 115 Å². The fraction of sp³-hybridized carbons (Fsp3) is 0.596. The first-order chi connectivity index (χ1) is 30.6. The van der Waals surface area contributed by atoms with E-state index >= 15 is 0 Å². The number of ether oxygens (including phenoxy) is 8. The van der Waals surface area contributed by atoms with Gasteiger partial charge in [-0.1, -0.05) is 50.0 Å². The molecule has 0 N–H and O–H groups in total. The van der Waals surface area contributed by atoms with Crippen LogP contribution in [-0.4, -0.2) is 123 Å². The summed E-state index contributed by atoms with van der Waals surface area (Å²) in [6.45, 7) is 4.47. The topological polar surface area (TPSA) is 90.9 Å². The number of piperidine rings is 1. The Labute approximate surface area is 375 Å². The molecule has 63 heavy (non-hydrogen) atoms. The van der Waals surface area contributed by atoms with Crippen molar-refractivity contribution in [1.82, 2.24) is 0 Å². The lowest BCUT2D eigenvalue weighted by Crippen LogP contribution is -2.71. The van der Waals surface area contributed by atoms with Crippen LogP contribution in [0.5, 0.6) is 34.5 Å². The number of fused-ring (bicyclic) bond motifs is 1. The number of hydrogen-bond acceptors (Lipinski definition) is 9. The summed E-state index contributed by atoms with van der Waals surface area (Å²) in [6, 6.07) is 15.6. The monoisotopic (exact) mass is 869 g/mol. The summed E-state index contributed by atoms with van der Waals surface area (Å²) >= 11 is 0. The number of unbranched alkanes of at least 4 members (excludes halogenated alkanes) is 6. The van der Waals surface area contributed by atoms with Gasteiger partial charge in [-0.05, 0) is 66.3 Å². The average molecular weight is 869 g/mol. The van der Waals surface area contributed by atoms with Crippen molar-refractivity contribution in [3.8, 4) is 34.5 Å². The predicted octanol–water partition coefficient (Wildman–Crippen LogP) is 8.36. The molecule has 2 bridgehead atoms. The van der Waals surface area contributed by atoms with E-state index in [4.69, 9.17) is 37.9 Å². The first-order valence-corrected chi connectivity index (χ1v) is 23.4. The number of benzene rings is 3. The van der Waals surface area contributed by atoms with Gasteiger partial charge in [0.05, 0.1) is 94.3 Å². The molecular weight excluding hydrogens is 797 g/mol. The second kappa shape index (κ2) is 18.9. The van der Waals surface area contributed by atoms with Crippen molar-refractivity contribution in [2.45, 2.75) is 107 Å². The minimum absolute atomic E-state index is 0.0711. The number of quaternary nitrogens is 2. The maximum Gasteiger partial charge on any atom is 0.311 e. The maximum atomic E-state index is 13.1. The Kier molecular flexibility index (Phi) is 13.6. The summed E-state index contributed by atoms with van der Waals surface area (Å²) in [5, 5.41) is 0. The van der Waals surface area contributed by atoms with Gasteiger partial charge in [-0.3, -0.25) is 4.79 Å². The zero-order chi connectivity index (χ0) is 44.4. The highest BCUT2D eigenvalue weighted by Gasteiger charge is 2.68. The Balaban J connectivity index is 0.780. The van der Waals surface area contributed by atoms with Crippen molar-refractivity contribution in [2.24, 2.45) is 5.92 Å². The number of hydrogen-bond donors (Lipinski definition) is 0. The van der Waals surface area contributed by atoms with Crippen molar-refractivity contribution in [1.29, 1.82) is 0 Å². The third kappa shape index (κ3) is 8.38. The van der Waals surface area contributed by atoms with Crippen molar-refractivity contribution < 1.29 is 51.7 Å². The molecule has 342 valence electrons. The number of nitrogens with zero attached hydrogens (tertiary/aromatic N) is 2. The molecule has 3 aromatic carbocycles. The lowest BCUT2D eigenvalue weighted by Gasteiger charge is -2.60. The molecule has 3 aliphatic heterocycles. The van der Waals surface area contributed by atoms with E-state index in [1.54, 1.807) is 42.7 Å². The molecule has 1 saturated heterocycles. The number of rotatable bonds is 21. The van der Waals surface area contributed by atoms with Crippen LogP contribution in [-0.2, 0) is 38.9 Å². The predicted molar refractivity (Wildman–Crippen MR) is 244 cm³/mol. The van der Waals surface area contributed by atoms with E-state index in [0.29, 0.717) is 25.0 Å². The third-order valence-corrected chi connectivity index (χ3v) is 15.9. The molecule has 5 aliphatic rings. The van der Waals surface area contributed by atoms with E-state index in [1.807, 2.05) is 6.07 Å². The molecule has 8 atom stereocenters. The summed E-state index contributed by atoms with van der Waals surface area (Å²) in [5.41, 5.74) is 6.48. The van der Waals surface area contributed by atoms with E-state index in [9.17, 15) is 4.79 Å². The Morgan fingerprint density at radius 1 is 0.714 bits per heavy atom. The van der Waals surface area contributed by atoms with Gasteiger partial charge in [-0.15, -0.1) is 0 Å². The van der Waals surface area contributed by atoms with Crippen LogP contribution < -0.4 is 28.4 Å². The number of likely N-dealkylation sites (tertiary alicyclic amines) is 1. The summed E-state index contributed by atoms with van der Waals surface area (Å²) in [7, 11) is 15.1. The Bertz CT molecular complexity index is 2140. The normalized spacial score (nSPS) is 28.3. The average Bonchev–Trinajstić information content (AvgIpc) is 3.66. The molecule has 0 saturated carbocycles. The molecular formula is C52H72N2O9+2. The number of carbonyl (C=O) groups is 1. The first kappa shape index (κ1) is 45.1. The molecule has 0 amide bonds. The van der Waals surface area contributed by atoms with Gasteiger partial charge in [0.15, 0.2) is 34.5 Å². The molecule has 11 nitrogen and oxygen atoms in total. The first-order valence-electron chi connectivity index (χ1n) is 23.4. The Morgan fingerprint density at radius 3 is 2.13 bits per heavy atom. The van der Waals surface area contributed by atoms with Crippen molar-refractivity contribution in [2.75, 3.05) is 89.5 Å². The number of likely N-dealkylation sites (N-methyl/N-ethyl adjacent to an activating group) is 2. The highest BCUT2D eigenvalue weighted by atomic mass is 16.6. The fourth-order valence-corrected chi connectivity index (χ4v) is 12.3. The summed E-state index contributed by atoms with van der Waals surface area (Å²) in [6.07, 6.45) is 16.7. The summed E-state index contributed by atoms with van der Waals surface area (Å²) in [5.74, 6) is 5.04. The van der Waals surface area contributed by atoms with Crippen LogP contribution in [0.25, 0.3) is 0 Å². The number of esters is 1. The van der Waals surface area contributed by atoms with Gasteiger partial charge in [0.2, 0.25) is 0 Å². The van der Waals surface area contributed by atoms with E-state index in [2.05, 4.69) is 62.6 Å². The SMILES string of the molecule is COc1ccc(C[C@@H]2c3cc(OC)c(OC)cc3CC[N+]2(C)CCCCCCCCCOC(=O)CC[N+]2(C)CC[C@]34c5c6ccc(OC)c5O[C@@H]3[C@@H](OC)C=CC4[C@H]2C6)cc1OC. The van der Waals surface area contributed by atoms with Crippen molar-refractivity contribution in [3.63, 3.8) is 0 Å². The highest BCUT2D eigenvalue weighted by molar-refractivity contribution is 5.69. The quantitative estimate of drug-likeness (QED) is 0.0454. The second-order valence-corrected chi connectivity index (χ2v) is 19.2. The molecule has 3 unspecified atom stereocenters. The maximum absolute atomic E-state index is 13.1. The minimum atomic E-state index is -0.128. The number of methoxy groups -OCH3 is 6. The van der Waals surface area contributed by atoms with Crippen LogP contribution in [0, 0.1) is 5.92 Å². The van der Waals surface area contributed by atoms with Gasteiger partial charge < -0.3 is 46.9 Å². The third-order valence-electron chi connectivity index (χ3n) is 15.9. The minimum Gasteiger partial charge on any atom is -0.493 e. The fourth-order valence-electron chi connectivity index (χ4n) is 12.3.